The van der Waals surface area contributed by atoms with Gasteiger partial charge < -0.3 is 5.32 Å². The zero-order chi connectivity index (χ0) is 10.4. The third-order valence-electron chi connectivity index (χ3n) is 3.88. The molecule has 76 valence electrons. The molecule has 0 spiro atoms. The van der Waals surface area contributed by atoms with Crippen LogP contribution in [0.1, 0.15) is 27.7 Å². The van der Waals surface area contributed by atoms with Crippen molar-refractivity contribution in [2.24, 2.45) is 10.8 Å². The molecule has 1 heterocycles. The predicted molar refractivity (Wildman–Crippen MR) is 57.0 cm³/mol. The zero-order valence-corrected chi connectivity index (χ0v) is 9.20. The largest absolute Gasteiger partial charge is 0.365 e. The average Bonchev–Trinajstić information content (AvgIpc) is 2.50. The highest BCUT2D eigenvalue weighted by Gasteiger charge is 2.65. The second kappa shape index (κ2) is 2.69. The SMILES string of the molecule is CC1(C)C(Nc2cnccn2)C1(C)C. The van der Waals surface area contributed by atoms with E-state index in [0.29, 0.717) is 16.9 Å². The van der Waals surface area contributed by atoms with Crippen molar-refractivity contribution in [1.82, 2.24) is 9.97 Å². The Hall–Kier alpha value is -1.12. The van der Waals surface area contributed by atoms with Crippen LogP contribution in [0.4, 0.5) is 5.82 Å². The van der Waals surface area contributed by atoms with Crippen molar-refractivity contribution in [3.8, 4) is 0 Å². The van der Waals surface area contributed by atoms with Crippen molar-refractivity contribution in [3.05, 3.63) is 18.6 Å². The monoisotopic (exact) mass is 191 g/mol. The fourth-order valence-electron chi connectivity index (χ4n) is 2.08. The third kappa shape index (κ3) is 1.19. The standard InChI is InChI=1S/C11H17N3/c1-10(2)9(11(10,3)4)14-8-7-12-5-6-13-8/h5-7,9H,1-4H3,(H,13,14). The number of nitrogens with one attached hydrogen (secondary N) is 1. The number of nitrogens with zero attached hydrogens (tertiary/aromatic N) is 2. The van der Waals surface area contributed by atoms with Crippen LogP contribution >= 0.6 is 0 Å². The fourth-order valence-corrected chi connectivity index (χ4v) is 2.08. The molecule has 1 N–H and O–H groups in total. The summed E-state index contributed by atoms with van der Waals surface area (Å²) in [6.07, 6.45) is 5.17. The van der Waals surface area contributed by atoms with Crippen molar-refractivity contribution in [2.45, 2.75) is 33.7 Å². The highest BCUT2D eigenvalue weighted by molar-refractivity contribution is 5.39. The van der Waals surface area contributed by atoms with E-state index in [0.717, 1.165) is 5.82 Å². The molecule has 0 saturated heterocycles. The van der Waals surface area contributed by atoms with Crippen LogP contribution in [0.15, 0.2) is 18.6 Å². The van der Waals surface area contributed by atoms with Gasteiger partial charge in [0.25, 0.3) is 0 Å². The molecule has 3 heteroatoms. The minimum Gasteiger partial charge on any atom is -0.365 e. The molecule has 1 saturated carbocycles. The van der Waals surface area contributed by atoms with Gasteiger partial charge in [-0.1, -0.05) is 27.7 Å². The highest BCUT2D eigenvalue weighted by Crippen LogP contribution is 2.63. The van der Waals surface area contributed by atoms with Crippen LogP contribution in [-0.4, -0.2) is 16.0 Å². The Kier molecular flexibility index (Phi) is 1.81. The third-order valence-corrected chi connectivity index (χ3v) is 3.88. The second-order valence-electron chi connectivity index (χ2n) is 5.11. The van der Waals surface area contributed by atoms with E-state index in [1.165, 1.54) is 0 Å². The maximum Gasteiger partial charge on any atom is 0.144 e. The van der Waals surface area contributed by atoms with Crippen LogP contribution in [-0.2, 0) is 0 Å². The van der Waals surface area contributed by atoms with Gasteiger partial charge in [-0.3, -0.25) is 4.98 Å². The van der Waals surface area contributed by atoms with E-state index >= 15 is 0 Å². The molecular formula is C11H17N3. The van der Waals surface area contributed by atoms with Gasteiger partial charge in [-0.05, 0) is 10.8 Å². The summed E-state index contributed by atoms with van der Waals surface area (Å²) in [6, 6.07) is 0.492. The Bertz CT molecular complexity index is 316. The molecule has 0 aromatic carbocycles. The maximum absolute atomic E-state index is 4.22. The molecular weight excluding hydrogens is 174 g/mol. The first-order valence-corrected chi connectivity index (χ1v) is 4.99. The van der Waals surface area contributed by atoms with E-state index < -0.39 is 0 Å². The highest BCUT2D eigenvalue weighted by atomic mass is 15.1. The molecule has 0 bridgehead atoms. The van der Waals surface area contributed by atoms with Crippen LogP contribution in [0.3, 0.4) is 0 Å². The Morgan fingerprint density at radius 1 is 1.14 bits per heavy atom. The summed E-state index contributed by atoms with van der Waals surface area (Å²) in [5.41, 5.74) is 0.676. The lowest BCUT2D eigenvalue weighted by Crippen LogP contribution is -2.11. The van der Waals surface area contributed by atoms with E-state index in [9.17, 15) is 0 Å². The van der Waals surface area contributed by atoms with Gasteiger partial charge in [0, 0.05) is 18.4 Å². The molecule has 1 aromatic rings. The van der Waals surface area contributed by atoms with Crippen LogP contribution < -0.4 is 5.32 Å². The Balaban J connectivity index is 2.09. The van der Waals surface area contributed by atoms with Crippen LogP contribution in [0.5, 0.6) is 0 Å². The van der Waals surface area contributed by atoms with Gasteiger partial charge in [0.2, 0.25) is 0 Å². The zero-order valence-electron chi connectivity index (χ0n) is 9.20. The number of hydrogen-bond donors (Lipinski definition) is 1. The summed E-state index contributed by atoms with van der Waals surface area (Å²) in [5, 5.41) is 3.42. The van der Waals surface area contributed by atoms with E-state index in [-0.39, 0.29) is 0 Å². The summed E-state index contributed by atoms with van der Waals surface area (Å²) in [6.45, 7) is 9.12. The van der Waals surface area contributed by atoms with Crippen molar-refractivity contribution < 1.29 is 0 Å². The summed E-state index contributed by atoms with van der Waals surface area (Å²) in [7, 11) is 0. The molecule has 0 aliphatic heterocycles. The Morgan fingerprint density at radius 3 is 2.21 bits per heavy atom. The summed E-state index contributed by atoms with van der Waals surface area (Å²) < 4.78 is 0. The van der Waals surface area contributed by atoms with Gasteiger partial charge >= 0.3 is 0 Å². The first kappa shape index (κ1) is 9.44. The molecule has 14 heavy (non-hydrogen) atoms. The number of rotatable bonds is 2. The van der Waals surface area contributed by atoms with Gasteiger partial charge in [0.1, 0.15) is 5.82 Å². The molecule has 0 atom stereocenters. The molecule has 1 aliphatic carbocycles. The molecule has 1 aliphatic rings. The minimum atomic E-state index is 0.338. The predicted octanol–water partition coefficient (Wildman–Crippen LogP) is 2.32. The van der Waals surface area contributed by atoms with Crippen LogP contribution in [0, 0.1) is 10.8 Å². The smallest absolute Gasteiger partial charge is 0.144 e. The van der Waals surface area contributed by atoms with Crippen molar-refractivity contribution in [1.29, 1.82) is 0 Å². The summed E-state index contributed by atoms with van der Waals surface area (Å²) >= 11 is 0. The first-order valence-electron chi connectivity index (χ1n) is 4.99. The molecule has 1 fully saturated rings. The number of hydrogen-bond acceptors (Lipinski definition) is 3. The topological polar surface area (TPSA) is 37.8 Å². The van der Waals surface area contributed by atoms with Crippen molar-refractivity contribution in [2.75, 3.05) is 5.32 Å². The average molecular weight is 191 g/mol. The maximum atomic E-state index is 4.22. The van der Waals surface area contributed by atoms with E-state index in [4.69, 9.17) is 0 Å². The normalized spacial score (nSPS) is 23.1. The van der Waals surface area contributed by atoms with Gasteiger partial charge in [-0.25, -0.2) is 4.98 Å². The van der Waals surface area contributed by atoms with E-state index in [1.807, 2.05) is 0 Å². The molecule has 1 aromatic heterocycles. The molecule has 0 amide bonds. The Morgan fingerprint density at radius 2 is 1.79 bits per heavy atom. The van der Waals surface area contributed by atoms with Gasteiger partial charge in [0.05, 0.1) is 6.20 Å². The molecule has 3 nitrogen and oxygen atoms in total. The lowest BCUT2D eigenvalue weighted by molar-refractivity contribution is 0.457. The minimum absolute atomic E-state index is 0.338. The Labute approximate surface area is 85.0 Å². The van der Waals surface area contributed by atoms with Crippen LogP contribution in [0.2, 0.25) is 0 Å². The van der Waals surface area contributed by atoms with Gasteiger partial charge in [-0.2, -0.15) is 0 Å². The quantitative estimate of drug-likeness (QED) is 0.779. The second-order valence-corrected chi connectivity index (χ2v) is 5.11. The van der Waals surface area contributed by atoms with E-state index in [2.05, 4.69) is 43.0 Å². The molecule has 2 rings (SSSR count). The van der Waals surface area contributed by atoms with Gasteiger partial charge in [-0.15, -0.1) is 0 Å². The van der Waals surface area contributed by atoms with Crippen molar-refractivity contribution in [3.63, 3.8) is 0 Å². The lowest BCUT2D eigenvalue weighted by Gasteiger charge is -2.05. The summed E-state index contributed by atoms with van der Waals surface area (Å²) in [5.74, 6) is 0.871. The summed E-state index contributed by atoms with van der Waals surface area (Å²) in [4.78, 5) is 8.25. The van der Waals surface area contributed by atoms with Crippen LogP contribution in [0.25, 0.3) is 0 Å². The molecule has 0 unspecified atom stereocenters. The number of aromatic nitrogens is 2. The molecule has 0 radical (unpaired) electrons. The van der Waals surface area contributed by atoms with Gasteiger partial charge in [0.15, 0.2) is 0 Å². The lowest BCUT2D eigenvalue weighted by atomic mass is 10.0. The number of anilines is 1. The van der Waals surface area contributed by atoms with E-state index in [1.54, 1.807) is 18.6 Å². The van der Waals surface area contributed by atoms with Crippen molar-refractivity contribution >= 4 is 5.82 Å². The first-order chi connectivity index (χ1) is 6.46. The fraction of sp³-hybridized carbons (Fsp3) is 0.636.